The molecule has 1 saturated heterocycles. The third-order valence-electron chi connectivity index (χ3n) is 3.44. The fourth-order valence-corrected chi connectivity index (χ4v) is 2.21. The van der Waals surface area contributed by atoms with Crippen LogP contribution in [0.2, 0.25) is 0 Å². The number of ether oxygens (including phenoxy) is 2. The molecular weight excluding hydrogens is 256 g/mol. The van der Waals surface area contributed by atoms with Crippen LogP contribution in [-0.2, 0) is 14.3 Å². The average molecular weight is 284 g/mol. The lowest BCUT2D eigenvalue weighted by Gasteiger charge is -2.17. The molecule has 1 rings (SSSR count). The zero-order valence-corrected chi connectivity index (χ0v) is 13.0. The van der Waals surface area contributed by atoms with E-state index in [1.54, 1.807) is 0 Å². The van der Waals surface area contributed by atoms with Crippen LogP contribution in [0.5, 0.6) is 0 Å². The number of carbonyl (C=O) groups excluding carboxylic acids is 1. The fourth-order valence-electron chi connectivity index (χ4n) is 2.21. The maximum atomic E-state index is 11.6. The van der Waals surface area contributed by atoms with Gasteiger partial charge in [0.15, 0.2) is 0 Å². The summed E-state index contributed by atoms with van der Waals surface area (Å²) in [6.07, 6.45) is 4.43. The Labute approximate surface area is 122 Å². The number of hydrogen-bond acceptors (Lipinski definition) is 4. The quantitative estimate of drug-likeness (QED) is 0.444. The van der Waals surface area contributed by atoms with Crippen molar-refractivity contribution in [1.29, 1.82) is 0 Å². The van der Waals surface area contributed by atoms with Gasteiger partial charge in [0.2, 0.25) is 0 Å². The second-order valence-electron chi connectivity index (χ2n) is 6.50. The van der Waals surface area contributed by atoms with Crippen molar-refractivity contribution in [3.05, 3.63) is 12.2 Å². The Hall–Kier alpha value is -0.870. The first kappa shape index (κ1) is 17.2. The summed E-state index contributed by atoms with van der Waals surface area (Å²) in [4.78, 5) is 11.6. The summed E-state index contributed by atoms with van der Waals surface area (Å²) >= 11 is 0. The number of carbonyl (C=O) groups is 1. The molecule has 0 aliphatic carbocycles. The lowest BCUT2D eigenvalue weighted by molar-refractivity contribution is -0.153. The minimum Gasteiger partial charge on any atom is -0.465 e. The van der Waals surface area contributed by atoms with Gasteiger partial charge < -0.3 is 14.6 Å². The molecule has 1 aliphatic heterocycles. The molecule has 1 fully saturated rings. The highest BCUT2D eigenvalue weighted by molar-refractivity contribution is 5.75. The molecule has 0 bridgehead atoms. The zero-order valence-electron chi connectivity index (χ0n) is 13.0. The van der Waals surface area contributed by atoms with Crippen molar-refractivity contribution in [2.45, 2.75) is 65.1 Å². The van der Waals surface area contributed by atoms with Crippen LogP contribution in [-0.4, -0.2) is 36.5 Å². The molecule has 4 nitrogen and oxygen atoms in total. The monoisotopic (exact) mass is 284 g/mol. The zero-order chi connectivity index (χ0) is 15.2. The van der Waals surface area contributed by atoms with Crippen LogP contribution in [0.3, 0.4) is 0 Å². The van der Waals surface area contributed by atoms with Gasteiger partial charge in [-0.25, -0.2) is 0 Å². The molecule has 0 aromatic carbocycles. The highest BCUT2D eigenvalue weighted by Gasteiger charge is 2.28. The first-order valence-corrected chi connectivity index (χ1v) is 7.46. The summed E-state index contributed by atoms with van der Waals surface area (Å²) < 4.78 is 11.1. The number of aliphatic hydroxyl groups is 1. The average Bonchev–Trinajstić information content (AvgIpc) is 2.71. The molecule has 0 amide bonds. The third kappa shape index (κ3) is 5.63. The lowest BCUT2D eigenvalue weighted by Crippen LogP contribution is -2.23. The smallest absolute Gasteiger partial charge is 0.311 e. The van der Waals surface area contributed by atoms with Gasteiger partial charge in [0.25, 0.3) is 0 Å². The van der Waals surface area contributed by atoms with E-state index in [4.69, 9.17) is 14.6 Å². The van der Waals surface area contributed by atoms with E-state index in [2.05, 4.69) is 6.58 Å². The second-order valence-corrected chi connectivity index (χ2v) is 6.50. The maximum Gasteiger partial charge on any atom is 0.311 e. The van der Waals surface area contributed by atoms with Crippen molar-refractivity contribution >= 4 is 5.97 Å². The van der Waals surface area contributed by atoms with Gasteiger partial charge in [0.05, 0.1) is 24.2 Å². The molecule has 4 heteroatoms. The minimum absolute atomic E-state index is 0.0873. The van der Waals surface area contributed by atoms with E-state index >= 15 is 0 Å². The van der Waals surface area contributed by atoms with E-state index < -0.39 is 5.41 Å². The predicted octanol–water partition coefficient (Wildman–Crippen LogP) is 2.84. The molecule has 0 spiro atoms. The molecule has 0 saturated carbocycles. The van der Waals surface area contributed by atoms with Crippen LogP contribution in [0.1, 0.15) is 52.9 Å². The van der Waals surface area contributed by atoms with Crippen LogP contribution in [0, 0.1) is 5.41 Å². The van der Waals surface area contributed by atoms with Gasteiger partial charge in [0.1, 0.15) is 0 Å². The van der Waals surface area contributed by atoms with Crippen molar-refractivity contribution in [3.63, 3.8) is 0 Å². The molecule has 0 radical (unpaired) electrons. The second kappa shape index (κ2) is 7.79. The van der Waals surface area contributed by atoms with Gasteiger partial charge in [-0.05, 0) is 58.4 Å². The molecule has 20 heavy (non-hydrogen) atoms. The van der Waals surface area contributed by atoms with Crippen molar-refractivity contribution in [2.24, 2.45) is 5.41 Å². The summed E-state index contributed by atoms with van der Waals surface area (Å²) in [5.74, 6) is -0.157. The van der Waals surface area contributed by atoms with Gasteiger partial charge in [-0.3, -0.25) is 4.79 Å². The standard InChI is InChI=1S/C16H28O4/c1-12-11-13(20-14(12)8-5-9-17)7-6-10-19-15(18)16(2,3)4/h13-14,17H,1,5-11H2,2-4H3. The van der Waals surface area contributed by atoms with E-state index in [1.807, 2.05) is 20.8 Å². The minimum atomic E-state index is -0.437. The van der Waals surface area contributed by atoms with Gasteiger partial charge in [-0.1, -0.05) is 6.58 Å². The van der Waals surface area contributed by atoms with Crippen molar-refractivity contribution in [1.82, 2.24) is 0 Å². The van der Waals surface area contributed by atoms with Gasteiger partial charge in [0, 0.05) is 6.61 Å². The number of esters is 1. The van der Waals surface area contributed by atoms with Gasteiger partial charge >= 0.3 is 5.97 Å². The Morgan fingerprint density at radius 3 is 2.70 bits per heavy atom. The van der Waals surface area contributed by atoms with Gasteiger partial charge in [-0.2, -0.15) is 0 Å². The number of aliphatic hydroxyl groups excluding tert-OH is 1. The Kier molecular flexibility index (Phi) is 6.69. The van der Waals surface area contributed by atoms with Crippen LogP contribution < -0.4 is 0 Å². The number of hydrogen-bond donors (Lipinski definition) is 1. The van der Waals surface area contributed by atoms with Crippen molar-refractivity contribution < 1.29 is 19.4 Å². The molecule has 1 aliphatic rings. The summed E-state index contributed by atoms with van der Waals surface area (Å²) in [6, 6.07) is 0. The Morgan fingerprint density at radius 2 is 2.10 bits per heavy atom. The van der Waals surface area contributed by atoms with E-state index in [9.17, 15) is 4.79 Å². The number of rotatable bonds is 7. The van der Waals surface area contributed by atoms with Crippen LogP contribution >= 0.6 is 0 Å². The summed E-state index contributed by atoms with van der Waals surface area (Å²) in [6.45, 7) is 10.2. The Balaban J connectivity index is 2.18. The van der Waals surface area contributed by atoms with Crippen LogP contribution in [0.4, 0.5) is 0 Å². The molecule has 1 heterocycles. The van der Waals surface area contributed by atoms with Crippen LogP contribution in [0.25, 0.3) is 0 Å². The fraction of sp³-hybridized carbons (Fsp3) is 0.812. The largest absolute Gasteiger partial charge is 0.465 e. The Morgan fingerprint density at radius 1 is 1.40 bits per heavy atom. The summed E-state index contributed by atoms with van der Waals surface area (Å²) in [7, 11) is 0. The highest BCUT2D eigenvalue weighted by Crippen LogP contribution is 2.29. The van der Waals surface area contributed by atoms with E-state index in [-0.39, 0.29) is 24.8 Å². The summed E-state index contributed by atoms with van der Waals surface area (Å²) in [5, 5.41) is 8.84. The lowest BCUT2D eigenvalue weighted by atomic mass is 9.97. The molecule has 0 aromatic heterocycles. The first-order valence-electron chi connectivity index (χ1n) is 7.46. The molecule has 2 unspecified atom stereocenters. The molecule has 116 valence electrons. The first-order chi connectivity index (χ1) is 9.34. The summed E-state index contributed by atoms with van der Waals surface area (Å²) in [5.41, 5.74) is 0.684. The van der Waals surface area contributed by atoms with Crippen molar-refractivity contribution in [2.75, 3.05) is 13.2 Å². The predicted molar refractivity (Wildman–Crippen MR) is 78.4 cm³/mol. The third-order valence-corrected chi connectivity index (χ3v) is 3.44. The SMILES string of the molecule is C=C1CC(CCCOC(=O)C(C)(C)C)OC1CCCO. The Bertz CT molecular complexity index is 330. The topological polar surface area (TPSA) is 55.8 Å². The van der Waals surface area contributed by atoms with Crippen LogP contribution in [0.15, 0.2) is 12.2 Å². The molecule has 0 aromatic rings. The van der Waals surface area contributed by atoms with E-state index in [1.165, 1.54) is 0 Å². The molecule has 2 atom stereocenters. The normalized spacial score (nSPS) is 23.1. The molecule has 1 N–H and O–H groups in total. The highest BCUT2D eigenvalue weighted by atomic mass is 16.5. The van der Waals surface area contributed by atoms with Crippen molar-refractivity contribution in [3.8, 4) is 0 Å². The maximum absolute atomic E-state index is 11.6. The van der Waals surface area contributed by atoms with E-state index in [0.29, 0.717) is 6.61 Å². The van der Waals surface area contributed by atoms with Gasteiger partial charge in [-0.15, -0.1) is 0 Å². The van der Waals surface area contributed by atoms with E-state index in [0.717, 1.165) is 37.7 Å². The molecular formula is C16H28O4.